The number of hydrogen-bond acceptors (Lipinski definition) is 2. The van der Waals surface area contributed by atoms with Crippen LogP contribution >= 0.6 is 0 Å². The molecule has 0 radical (unpaired) electrons. The van der Waals surface area contributed by atoms with Gasteiger partial charge in [-0.2, -0.15) is 0 Å². The summed E-state index contributed by atoms with van der Waals surface area (Å²) in [6, 6.07) is 5.70. The normalized spacial score (nSPS) is 19.2. The predicted octanol–water partition coefficient (Wildman–Crippen LogP) is 2.80. The molecule has 0 aliphatic carbocycles. The van der Waals surface area contributed by atoms with Gasteiger partial charge in [0, 0.05) is 6.54 Å². The maximum Gasteiger partial charge on any atom is 0.407 e. The van der Waals surface area contributed by atoms with Crippen LogP contribution in [0.25, 0.3) is 0 Å². The van der Waals surface area contributed by atoms with Gasteiger partial charge in [0.05, 0.1) is 12.6 Å². The van der Waals surface area contributed by atoms with Crippen LogP contribution in [0.5, 0.6) is 0 Å². The molecule has 1 aromatic rings. The van der Waals surface area contributed by atoms with Crippen LogP contribution in [0.2, 0.25) is 0 Å². The number of carbonyl (C=O) groups is 1. The number of hydrogen-bond donors (Lipinski definition) is 2. The van der Waals surface area contributed by atoms with Gasteiger partial charge in [0.2, 0.25) is 0 Å². The summed E-state index contributed by atoms with van der Waals surface area (Å²) in [5.74, 6) is 0. The molecule has 2 rings (SSSR count). The SMILES string of the molecule is CC(C)(C)C1c2cc(CO)ccc2CCN1C(=O)O. The third kappa shape index (κ3) is 2.59. The highest BCUT2D eigenvalue weighted by molar-refractivity contribution is 5.67. The van der Waals surface area contributed by atoms with Crippen molar-refractivity contribution in [1.82, 2.24) is 4.90 Å². The standard InChI is InChI=1S/C15H21NO3/c1-15(2,3)13-12-8-10(9-17)4-5-11(12)6-7-16(13)14(18)19/h4-5,8,13,17H,6-7,9H2,1-3H3,(H,18,19). The van der Waals surface area contributed by atoms with Gasteiger partial charge >= 0.3 is 6.09 Å². The number of nitrogens with zero attached hydrogens (tertiary/aromatic N) is 1. The van der Waals surface area contributed by atoms with E-state index in [1.54, 1.807) is 0 Å². The second-order valence-corrected chi connectivity index (χ2v) is 6.19. The van der Waals surface area contributed by atoms with Crippen LogP contribution < -0.4 is 0 Å². The first-order valence-electron chi connectivity index (χ1n) is 6.56. The van der Waals surface area contributed by atoms with E-state index in [4.69, 9.17) is 0 Å². The van der Waals surface area contributed by atoms with Crippen molar-refractivity contribution in [3.05, 3.63) is 34.9 Å². The first kappa shape index (κ1) is 13.9. The lowest BCUT2D eigenvalue weighted by molar-refractivity contribution is 0.0758. The zero-order chi connectivity index (χ0) is 14.2. The Morgan fingerprint density at radius 1 is 1.42 bits per heavy atom. The minimum atomic E-state index is -0.875. The second-order valence-electron chi connectivity index (χ2n) is 6.19. The molecule has 1 amide bonds. The number of aliphatic hydroxyl groups excluding tert-OH is 1. The molecule has 1 heterocycles. The maximum absolute atomic E-state index is 11.5. The molecule has 4 heteroatoms. The van der Waals surface area contributed by atoms with Crippen molar-refractivity contribution in [3.8, 4) is 0 Å². The Kier molecular flexibility index (Phi) is 3.54. The van der Waals surface area contributed by atoms with Gasteiger partial charge in [0.1, 0.15) is 0 Å². The van der Waals surface area contributed by atoms with Gasteiger partial charge in [0.15, 0.2) is 0 Å². The summed E-state index contributed by atoms with van der Waals surface area (Å²) in [5, 5.41) is 18.7. The molecule has 1 aromatic carbocycles. The lowest BCUT2D eigenvalue weighted by Crippen LogP contribution is -2.44. The zero-order valence-electron chi connectivity index (χ0n) is 11.7. The molecular formula is C15H21NO3. The fourth-order valence-corrected chi connectivity index (χ4v) is 2.90. The van der Waals surface area contributed by atoms with Gasteiger partial charge < -0.3 is 15.1 Å². The van der Waals surface area contributed by atoms with E-state index in [2.05, 4.69) is 0 Å². The Morgan fingerprint density at radius 2 is 2.11 bits per heavy atom. The lowest BCUT2D eigenvalue weighted by Gasteiger charge is -2.43. The maximum atomic E-state index is 11.5. The van der Waals surface area contributed by atoms with E-state index < -0.39 is 6.09 Å². The van der Waals surface area contributed by atoms with E-state index in [9.17, 15) is 15.0 Å². The van der Waals surface area contributed by atoms with E-state index in [-0.39, 0.29) is 18.1 Å². The molecule has 104 valence electrons. The summed E-state index contributed by atoms with van der Waals surface area (Å²) in [4.78, 5) is 13.0. The van der Waals surface area contributed by atoms with Gasteiger partial charge in [-0.15, -0.1) is 0 Å². The van der Waals surface area contributed by atoms with Crippen molar-refractivity contribution in [2.45, 2.75) is 39.8 Å². The van der Waals surface area contributed by atoms with Crippen molar-refractivity contribution in [2.75, 3.05) is 6.54 Å². The third-order valence-electron chi connectivity index (χ3n) is 3.69. The lowest BCUT2D eigenvalue weighted by atomic mass is 9.77. The molecule has 1 atom stereocenters. The van der Waals surface area contributed by atoms with E-state index in [1.807, 2.05) is 39.0 Å². The van der Waals surface area contributed by atoms with Gasteiger partial charge in [-0.3, -0.25) is 0 Å². The third-order valence-corrected chi connectivity index (χ3v) is 3.69. The summed E-state index contributed by atoms with van der Waals surface area (Å²) in [7, 11) is 0. The van der Waals surface area contributed by atoms with E-state index in [1.165, 1.54) is 10.5 Å². The van der Waals surface area contributed by atoms with Crippen LogP contribution in [0, 0.1) is 5.41 Å². The van der Waals surface area contributed by atoms with Gasteiger partial charge in [-0.25, -0.2) is 4.79 Å². The molecule has 1 aliphatic heterocycles. The zero-order valence-corrected chi connectivity index (χ0v) is 11.7. The molecule has 2 N–H and O–H groups in total. The number of rotatable bonds is 1. The molecule has 0 fully saturated rings. The molecule has 0 bridgehead atoms. The smallest absolute Gasteiger partial charge is 0.407 e. The molecule has 1 unspecified atom stereocenters. The summed E-state index contributed by atoms with van der Waals surface area (Å²) < 4.78 is 0. The van der Waals surface area contributed by atoms with Crippen molar-refractivity contribution in [2.24, 2.45) is 5.41 Å². The first-order chi connectivity index (χ1) is 8.84. The summed E-state index contributed by atoms with van der Waals surface area (Å²) in [6.07, 6.45) is -0.139. The molecule has 0 saturated carbocycles. The first-order valence-corrected chi connectivity index (χ1v) is 6.56. The van der Waals surface area contributed by atoms with E-state index >= 15 is 0 Å². The van der Waals surface area contributed by atoms with Crippen molar-refractivity contribution < 1.29 is 15.0 Å². The number of aliphatic hydroxyl groups is 1. The molecule has 19 heavy (non-hydrogen) atoms. The average Bonchev–Trinajstić information content (AvgIpc) is 2.35. The monoisotopic (exact) mass is 263 g/mol. The fraction of sp³-hybridized carbons (Fsp3) is 0.533. The Morgan fingerprint density at radius 3 is 2.63 bits per heavy atom. The van der Waals surface area contributed by atoms with Crippen LogP contribution in [0.4, 0.5) is 4.79 Å². The van der Waals surface area contributed by atoms with Gasteiger partial charge in [0.25, 0.3) is 0 Å². The van der Waals surface area contributed by atoms with Crippen LogP contribution in [0.3, 0.4) is 0 Å². The highest BCUT2D eigenvalue weighted by Gasteiger charge is 2.38. The van der Waals surface area contributed by atoms with Crippen molar-refractivity contribution >= 4 is 6.09 Å². The van der Waals surface area contributed by atoms with E-state index in [0.717, 1.165) is 17.5 Å². The number of carboxylic acid groups (broad SMARTS) is 1. The summed E-state index contributed by atoms with van der Waals surface area (Å²) >= 11 is 0. The van der Waals surface area contributed by atoms with Crippen LogP contribution in [-0.4, -0.2) is 27.8 Å². The Balaban J connectivity index is 2.54. The second kappa shape index (κ2) is 4.85. The fourth-order valence-electron chi connectivity index (χ4n) is 2.90. The topological polar surface area (TPSA) is 60.8 Å². The molecule has 0 saturated heterocycles. The quantitative estimate of drug-likeness (QED) is 0.819. The average molecular weight is 263 g/mol. The summed E-state index contributed by atoms with van der Waals surface area (Å²) in [6.45, 7) is 6.66. The summed E-state index contributed by atoms with van der Waals surface area (Å²) in [5.41, 5.74) is 2.88. The minimum Gasteiger partial charge on any atom is -0.465 e. The van der Waals surface area contributed by atoms with Crippen molar-refractivity contribution in [1.29, 1.82) is 0 Å². The van der Waals surface area contributed by atoms with E-state index in [0.29, 0.717) is 6.54 Å². The van der Waals surface area contributed by atoms with Crippen LogP contribution in [0.15, 0.2) is 18.2 Å². The number of benzene rings is 1. The molecule has 1 aliphatic rings. The Bertz CT molecular complexity index is 491. The predicted molar refractivity (Wildman–Crippen MR) is 73.0 cm³/mol. The largest absolute Gasteiger partial charge is 0.465 e. The minimum absolute atomic E-state index is 0.0167. The van der Waals surface area contributed by atoms with Gasteiger partial charge in [-0.05, 0) is 28.5 Å². The number of fused-ring (bicyclic) bond motifs is 1. The molecule has 4 nitrogen and oxygen atoms in total. The highest BCUT2D eigenvalue weighted by Crippen LogP contribution is 2.42. The Hall–Kier alpha value is -1.55. The number of amides is 1. The molecular weight excluding hydrogens is 242 g/mol. The van der Waals surface area contributed by atoms with Crippen LogP contribution in [0.1, 0.15) is 43.5 Å². The van der Waals surface area contributed by atoms with Crippen LogP contribution in [-0.2, 0) is 13.0 Å². The Labute approximate surface area is 113 Å². The molecule has 0 aromatic heterocycles. The van der Waals surface area contributed by atoms with Gasteiger partial charge in [-0.1, -0.05) is 39.0 Å². The molecule has 0 spiro atoms. The van der Waals surface area contributed by atoms with Crippen molar-refractivity contribution in [3.63, 3.8) is 0 Å². The highest BCUT2D eigenvalue weighted by atomic mass is 16.4.